The van der Waals surface area contributed by atoms with Crippen LogP contribution in [0.25, 0.3) is 0 Å². The van der Waals surface area contributed by atoms with Crippen LogP contribution in [0.4, 0.5) is 10.5 Å². The minimum absolute atomic E-state index is 0.237. The van der Waals surface area contributed by atoms with Gasteiger partial charge in [-0.15, -0.1) is 0 Å². The summed E-state index contributed by atoms with van der Waals surface area (Å²) in [6, 6.07) is 4.53. The van der Waals surface area contributed by atoms with Crippen molar-refractivity contribution in [2.24, 2.45) is 10.4 Å². The van der Waals surface area contributed by atoms with E-state index in [2.05, 4.69) is 10.4 Å². The van der Waals surface area contributed by atoms with Crippen molar-refractivity contribution >= 4 is 41.2 Å². The van der Waals surface area contributed by atoms with Gasteiger partial charge in [-0.2, -0.15) is 5.01 Å². The molecule has 122 valence electrons. The summed E-state index contributed by atoms with van der Waals surface area (Å²) in [4.78, 5) is 25.6. The molecule has 8 nitrogen and oxygen atoms in total. The van der Waals surface area contributed by atoms with Crippen LogP contribution in [0.3, 0.4) is 0 Å². The van der Waals surface area contributed by atoms with Crippen LogP contribution < -0.4 is 5.01 Å². The second-order valence-electron chi connectivity index (χ2n) is 4.87. The van der Waals surface area contributed by atoms with Gasteiger partial charge in [0.25, 0.3) is 0 Å². The molecule has 10 heteroatoms. The average molecular weight is 358 g/mol. The molecule has 0 spiro atoms. The van der Waals surface area contributed by atoms with Gasteiger partial charge in [0.15, 0.2) is 6.29 Å². The highest BCUT2D eigenvalue weighted by molar-refractivity contribution is 6.43. The average Bonchev–Trinajstić information content (AvgIpc) is 3.01. The van der Waals surface area contributed by atoms with Crippen molar-refractivity contribution in [2.75, 3.05) is 31.3 Å². The zero-order valence-corrected chi connectivity index (χ0v) is 13.4. The lowest BCUT2D eigenvalue weighted by molar-refractivity contribution is -0.111. The highest BCUT2D eigenvalue weighted by atomic mass is 35.5. The lowest BCUT2D eigenvalue weighted by atomic mass is 10.3. The number of hydrogen-bond donors (Lipinski definition) is 0. The number of carbonyl (C=O) groups excluding carboxylic acids is 2. The normalized spacial score (nSPS) is 21.0. The van der Waals surface area contributed by atoms with E-state index in [1.165, 1.54) is 5.01 Å². The standard InChI is InChI=1S/C13H13Cl2N5O3/c14-9-2-1-3-10(12(9)15)19-11(8-21)20(17-16-19)13(22)18-4-6-23-7-5-18/h1-3,8,11H,4-7H2. The molecule has 1 aromatic carbocycles. The third-order valence-corrected chi connectivity index (χ3v) is 4.32. The molecule has 0 aliphatic carbocycles. The molecule has 23 heavy (non-hydrogen) atoms. The smallest absolute Gasteiger partial charge is 0.344 e. The largest absolute Gasteiger partial charge is 0.378 e. The number of rotatable bonds is 2. The summed E-state index contributed by atoms with van der Waals surface area (Å²) >= 11 is 12.1. The Morgan fingerprint density at radius 2 is 2.00 bits per heavy atom. The van der Waals surface area contributed by atoms with E-state index in [0.29, 0.717) is 43.3 Å². The van der Waals surface area contributed by atoms with Crippen LogP contribution in [-0.2, 0) is 9.53 Å². The monoisotopic (exact) mass is 357 g/mol. The zero-order valence-electron chi connectivity index (χ0n) is 11.9. The van der Waals surface area contributed by atoms with Gasteiger partial charge < -0.3 is 9.64 Å². The van der Waals surface area contributed by atoms with E-state index in [1.54, 1.807) is 23.1 Å². The van der Waals surface area contributed by atoms with E-state index in [-0.39, 0.29) is 5.02 Å². The lowest BCUT2D eigenvalue weighted by Crippen LogP contribution is -2.51. The van der Waals surface area contributed by atoms with Gasteiger partial charge in [-0.1, -0.05) is 29.3 Å². The number of hydrogen-bond acceptors (Lipinski definition) is 6. The molecule has 2 amide bonds. The van der Waals surface area contributed by atoms with E-state index in [1.807, 2.05) is 0 Å². The Morgan fingerprint density at radius 1 is 1.26 bits per heavy atom. The van der Waals surface area contributed by atoms with Gasteiger partial charge in [0.1, 0.15) is 0 Å². The summed E-state index contributed by atoms with van der Waals surface area (Å²) in [6.07, 6.45) is -0.434. The number of benzene rings is 1. The van der Waals surface area contributed by atoms with Gasteiger partial charge in [0, 0.05) is 13.1 Å². The van der Waals surface area contributed by atoms with Crippen LogP contribution in [0.2, 0.25) is 10.0 Å². The Bertz CT molecular complexity index is 650. The van der Waals surface area contributed by atoms with E-state index in [0.717, 1.165) is 5.01 Å². The number of anilines is 1. The summed E-state index contributed by atoms with van der Waals surface area (Å²) < 4.78 is 5.21. The maximum Gasteiger partial charge on any atom is 0.344 e. The Balaban J connectivity index is 1.83. The summed E-state index contributed by atoms with van der Waals surface area (Å²) in [6.45, 7) is 1.78. The number of nitrogens with zero attached hydrogens (tertiary/aromatic N) is 5. The number of halogens is 2. The van der Waals surface area contributed by atoms with Crippen molar-refractivity contribution in [1.29, 1.82) is 0 Å². The minimum atomic E-state index is -1.01. The van der Waals surface area contributed by atoms with Crippen molar-refractivity contribution in [3.63, 3.8) is 0 Å². The van der Waals surface area contributed by atoms with Crippen molar-refractivity contribution in [3.05, 3.63) is 28.2 Å². The lowest BCUT2D eigenvalue weighted by Gasteiger charge is -2.31. The molecule has 0 radical (unpaired) electrons. The first kappa shape index (κ1) is 16.0. The molecule has 1 saturated heterocycles. The highest BCUT2D eigenvalue weighted by Gasteiger charge is 2.38. The van der Waals surface area contributed by atoms with Crippen molar-refractivity contribution in [3.8, 4) is 0 Å². The minimum Gasteiger partial charge on any atom is -0.378 e. The Morgan fingerprint density at radius 3 is 2.70 bits per heavy atom. The Kier molecular flexibility index (Phi) is 4.65. The molecule has 3 rings (SSSR count). The van der Waals surface area contributed by atoms with Crippen molar-refractivity contribution in [1.82, 2.24) is 9.91 Å². The first-order chi connectivity index (χ1) is 11.1. The second-order valence-corrected chi connectivity index (χ2v) is 5.66. The van der Waals surface area contributed by atoms with Crippen molar-refractivity contribution < 1.29 is 14.3 Å². The third-order valence-electron chi connectivity index (χ3n) is 3.51. The third kappa shape index (κ3) is 2.97. The quantitative estimate of drug-likeness (QED) is 0.761. The molecule has 0 N–H and O–H groups in total. The molecule has 2 heterocycles. The van der Waals surface area contributed by atoms with Gasteiger partial charge >= 0.3 is 6.03 Å². The summed E-state index contributed by atoms with van der Waals surface area (Å²) in [5.74, 6) is 0. The number of amides is 2. The van der Waals surface area contributed by atoms with Crippen LogP contribution >= 0.6 is 23.2 Å². The van der Waals surface area contributed by atoms with E-state index in [9.17, 15) is 9.59 Å². The fourth-order valence-corrected chi connectivity index (χ4v) is 2.70. The predicted molar refractivity (Wildman–Crippen MR) is 83.3 cm³/mol. The molecule has 0 bridgehead atoms. The van der Waals surface area contributed by atoms with Gasteiger partial charge in [0.05, 0.1) is 28.9 Å². The highest BCUT2D eigenvalue weighted by Crippen LogP contribution is 2.35. The van der Waals surface area contributed by atoms with Gasteiger partial charge in [-0.25, -0.2) is 9.80 Å². The predicted octanol–water partition coefficient (Wildman–Crippen LogP) is 2.37. The Labute approximate surface area is 142 Å². The van der Waals surface area contributed by atoms with Crippen LogP contribution in [0, 0.1) is 0 Å². The van der Waals surface area contributed by atoms with Crippen LogP contribution in [-0.4, -0.2) is 54.7 Å². The first-order valence-electron chi connectivity index (χ1n) is 6.89. The molecule has 1 unspecified atom stereocenters. The fourth-order valence-electron chi connectivity index (χ4n) is 2.32. The Hall–Kier alpha value is -1.90. The SMILES string of the molecule is O=CC1N(C(=O)N2CCOCC2)N=NN1c1cccc(Cl)c1Cl. The molecule has 0 aromatic heterocycles. The number of carbonyl (C=O) groups is 2. The summed E-state index contributed by atoms with van der Waals surface area (Å²) in [7, 11) is 0. The first-order valence-corrected chi connectivity index (χ1v) is 7.65. The van der Waals surface area contributed by atoms with Crippen LogP contribution in [0.15, 0.2) is 28.6 Å². The summed E-state index contributed by atoms with van der Waals surface area (Å²) in [5, 5.41) is 10.5. The van der Waals surface area contributed by atoms with E-state index >= 15 is 0 Å². The second kappa shape index (κ2) is 6.69. The molecule has 2 aliphatic heterocycles. The number of urea groups is 1. The van der Waals surface area contributed by atoms with Gasteiger partial charge in [-0.3, -0.25) is 4.79 Å². The number of ether oxygens (including phenoxy) is 1. The van der Waals surface area contributed by atoms with Crippen LogP contribution in [0.5, 0.6) is 0 Å². The molecular formula is C13H13Cl2N5O3. The van der Waals surface area contributed by atoms with E-state index in [4.69, 9.17) is 27.9 Å². The topological polar surface area (TPSA) is 77.8 Å². The molecule has 1 aromatic rings. The maximum absolute atomic E-state index is 12.5. The number of morpholine rings is 1. The molecular weight excluding hydrogens is 345 g/mol. The maximum atomic E-state index is 12.5. The molecule has 1 fully saturated rings. The van der Waals surface area contributed by atoms with Crippen molar-refractivity contribution in [2.45, 2.75) is 6.17 Å². The molecule has 0 saturated carbocycles. The molecule has 1 atom stereocenters. The van der Waals surface area contributed by atoms with Gasteiger partial charge in [-0.05, 0) is 22.6 Å². The fraction of sp³-hybridized carbons (Fsp3) is 0.385. The summed E-state index contributed by atoms with van der Waals surface area (Å²) in [5.41, 5.74) is 0.400. The number of aldehydes is 1. The van der Waals surface area contributed by atoms with Crippen LogP contribution in [0.1, 0.15) is 0 Å². The van der Waals surface area contributed by atoms with Gasteiger partial charge in [0.2, 0.25) is 6.17 Å². The van der Waals surface area contributed by atoms with E-state index < -0.39 is 12.2 Å². The molecule has 2 aliphatic rings. The zero-order chi connectivity index (χ0) is 16.4.